The summed E-state index contributed by atoms with van der Waals surface area (Å²) in [5, 5.41) is 3.23. The van der Waals surface area contributed by atoms with E-state index >= 15 is 0 Å². The second-order valence-corrected chi connectivity index (χ2v) is 7.59. The Morgan fingerprint density at radius 3 is 2.20 bits per heavy atom. The molecule has 0 aromatic heterocycles. The monoisotopic (exact) mass is 299 g/mol. The minimum absolute atomic E-state index is 0.0714. The predicted molar refractivity (Wildman–Crippen MR) is 80.0 cm³/mol. The Morgan fingerprint density at radius 2 is 1.65 bits per heavy atom. The molecule has 0 spiro atoms. The van der Waals surface area contributed by atoms with Gasteiger partial charge in [-0.1, -0.05) is 0 Å². The fourth-order valence-electron chi connectivity index (χ4n) is 5.05. The lowest BCUT2D eigenvalue weighted by Gasteiger charge is -2.56. The first-order valence-electron chi connectivity index (χ1n) is 8.20. The van der Waals surface area contributed by atoms with Crippen LogP contribution in [0.3, 0.4) is 0 Å². The summed E-state index contributed by atoms with van der Waals surface area (Å²) >= 11 is 5.63. The van der Waals surface area contributed by atoms with Gasteiger partial charge in [-0.25, -0.2) is 4.79 Å². The van der Waals surface area contributed by atoms with E-state index in [9.17, 15) is 4.79 Å². The molecule has 0 radical (unpaired) electrons. The summed E-state index contributed by atoms with van der Waals surface area (Å²) in [5.41, 5.74) is 0.0714. The summed E-state index contributed by atoms with van der Waals surface area (Å²) in [6.45, 7) is 0.523. The first kappa shape index (κ1) is 14.5. The number of ether oxygens (including phenoxy) is 1. The molecule has 0 aromatic rings. The normalized spacial score (nSPS) is 38.0. The van der Waals surface area contributed by atoms with Crippen molar-refractivity contribution in [1.29, 1.82) is 0 Å². The van der Waals surface area contributed by atoms with Gasteiger partial charge in [0.15, 0.2) is 0 Å². The Labute approximate surface area is 126 Å². The second-order valence-electron chi connectivity index (χ2n) is 7.21. The van der Waals surface area contributed by atoms with E-state index in [0.717, 1.165) is 37.0 Å². The summed E-state index contributed by atoms with van der Waals surface area (Å²) in [7, 11) is 0. The number of nitrogens with one attached hydrogen (secondary N) is 1. The fraction of sp³-hybridized carbons (Fsp3) is 0.938. The highest BCUT2D eigenvalue weighted by Gasteiger charge is 2.51. The Hall–Kier alpha value is -0.440. The number of unbranched alkanes of at least 4 members (excludes halogenated alkanes) is 2. The summed E-state index contributed by atoms with van der Waals surface area (Å²) in [5.74, 6) is 3.25. The van der Waals surface area contributed by atoms with Gasteiger partial charge in [0.05, 0.1) is 6.61 Å². The lowest BCUT2D eigenvalue weighted by atomic mass is 9.53. The molecule has 0 aromatic carbocycles. The van der Waals surface area contributed by atoms with Crippen LogP contribution in [0, 0.1) is 17.8 Å². The molecule has 4 fully saturated rings. The van der Waals surface area contributed by atoms with E-state index in [1.807, 2.05) is 0 Å². The number of amides is 1. The number of rotatable bonds is 6. The van der Waals surface area contributed by atoms with Crippen LogP contribution < -0.4 is 5.32 Å². The van der Waals surface area contributed by atoms with Crippen LogP contribution in [0.5, 0.6) is 0 Å². The van der Waals surface area contributed by atoms with Crippen LogP contribution >= 0.6 is 11.6 Å². The van der Waals surface area contributed by atoms with E-state index in [-0.39, 0.29) is 11.6 Å². The molecule has 4 aliphatic rings. The molecular formula is C16H26ClNO2. The highest BCUT2D eigenvalue weighted by Crippen LogP contribution is 2.55. The van der Waals surface area contributed by atoms with Crippen LogP contribution in [0.2, 0.25) is 0 Å². The van der Waals surface area contributed by atoms with Gasteiger partial charge in [-0.3, -0.25) is 0 Å². The zero-order valence-corrected chi connectivity index (χ0v) is 13.0. The van der Waals surface area contributed by atoms with Crippen LogP contribution in [0.25, 0.3) is 0 Å². The third-order valence-corrected chi connectivity index (χ3v) is 5.68. The number of hydrogen-bond acceptors (Lipinski definition) is 2. The first-order chi connectivity index (χ1) is 9.69. The molecule has 114 valence electrons. The van der Waals surface area contributed by atoms with Crippen molar-refractivity contribution in [1.82, 2.24) is 5.32 Å². The minimum Gasteiger partial charge on any atom is -0.450 e. The van der Waals surface area contributed by atoms with Gasteiger partial charge in [0.25, 0.3) is 0 Å². The predicted octanol–water partition coefficient (Wildman–Crippen LogP) is 4.09. The number of hydrogen-bond donors (Lipinski definition) is 1. The number of alkyl carbamates (subject to hydrolysis) is 1. The highest BCUT2D eigenvalue weighted by molar-refractivity contribution is 6.17. The third-order valence-electron chi connectivity index (χ3n) is 5.42. The van der Waals surface area contributed by atoms with Crippen LogP contribution in [0.1, 0.15) is 57.8 Å². The van der Waals surface area contributed by atoms with Crippen LogP contribution in [0.4, 0.5) is 4.79 Å². The number of carbonyl (C=O) groups excluding carboxylic acids is 1. The maximum atomic E-state index is 12.0. The topological polar surface area (TPSA) is 38.3 Å². The first-order valence-corrected chi connectivity index (χ1v) is 8.73. The van der Waals surface area contributed by atoms with E-state index in [2.05, 4.69) is 5.32 Å². The van der Waals surface area contributed by atoms with Gasteiger partial charge >= 0.3 is 6.09 Å². The Balaban J connectivity index is 1.44. The number of halogens is 1. The van der Waals surface area contributed by atoms with E-state index in [1.165, 1.54) is 38.5 Å². The second kappa shape index (κ2) is 6.13. The van der Waals surface area contributed by atoms with E-state index in [1.54, 1.807) is 0 Å². The fourth-order valence-corrected chi connectivity index (χ4v) is 5.24. The van der Waals surface area contributed by atoms with Gasteiger partial charge < -0.3 is 10.1 Å². The van der Waals surface area contributed by atoms with Crippen molar-refractivity contribution in [3.05, 3.63) is 0 Å². The Kier molecular flexibility index (Phi) is 4.44. The van der Waals surface area contributed by atoms with Crippen molar-refractivity contribution in [2.24, 2.45) is 17.8 Å². The van der Waals surface area contributed by atoms with E-state index in [4.69, 9.17) is 16.3 Å². The molecule has 0 unspecified atom stereocenters. The van der Waals surface area contributed by atoms with Gasteiger partial charge in [0, 0.05) is 11.4 Å². The zero-order chi connectivity index (χ0) is 14.0. The molecule has 4 rings (SSSR count). The summed E-state index contributed by atoms with van der Waals surface area (Å²) in [6.07, 6.45) is 10.5. The average molecular weight is 300 g/mol. The van der Waals surface area contributed by atoms with Crippen molar-refractivity contribution < 1.29 is 9.53 Å². The van der Waals surface area contributed by atoms with Crippen LogP contribution in [0.15, 0.2) is 0 Å². The maximum absolute atomic E-state index is 12.0. The summed E-state index contributed by atoms with van der Waals surface area (Å²) < 4.78 is 5.33. The van der Waals surface area contributed by atoms with Gasteiger partial charge in [-0.2, -0.15) is 0 Å². The van der Waals surface area contributed by atoms with E-state index in [0.29, 0.717) is 12.5 Å². The molecule has 4 heteroatoms. The van der Waals surface area contributed by atoms with Crippen molar-refractivity contribution >= 4 is 17.7 Å². The quantitative estimate of drug-likeness (QED) is 0.592. The van der Waals surface area contributed by atoms with Crippen molar-refractivity contribution in [3.63, 3.8) is 0 Å². The smallest absolute Gasteiger partial charge is 0.407 e. The van der Waals surface area contributed by atoms with Crippen LogP contribution in [-0.2, 0) is 4.74 Å². The molecule has 0 heterocycles. The molecule has 0 aliphatic heterocycles. The van der Waals surface area contributed by atoms with Gasteiger partial charge in [-0.15, -0.1) is 11.6 Å². The molecule has 1 amide bonds. The highest BCUT2D eigenvalue weighted by atomic mass is 35.5. The van der Waals surface area contributed by atoms with Crippen molar-refractivity contribution in [2.45, 2.75) is 63.3 Å². The number of alkyl halides is 1. The lowest BCUT2D eigenvalue weighted by Crippen LogP contribution is -2.59. The molecule has 0 saturated heterocycles. The Bertz CT molecular complexity index is 323. The average Bonchev–Trinajstić information content (AvgIpc) is 2.36. The lowest BCUT2D eigenvalue weighted by molar-refractivity contribution is -0.0191. The van der Waals surface area contributed by atoms with Crippen molar-refractivity contribution in [2.75, 3.05) is 12.5 Å². The summed E-state index contributed by atoms with van der Waals surface area (Å²) in [6, 6.07) is 0. The molecule has 3 nitrogen and oxygen atoms in total. The molecule has 4 bridgehead atoms. The molecule has 0 atom stereocenters. The standard InChI is InChI=1S/C16H26ClNO2/c17-4-2-1-3-5-20-15(19)18-16-9-12-6-13(10-16)8-14(7-12)11-16/h12-14H,1-11H2,(H,18,19). The molecule has 4 aliphatic carbocycles. The molecule has 20 heavy (non-hydrogen) atoms. The van der Waals surface area contributed by atoms with Gasteiger partial charge in [0.2, 0.25) is 0 Å². The van der Waals surface area contributed by atoms with Gasteiger partial charge in [0.1, 0.15) is 0 Å². The Morgan fingerprint density at radius 1 is 1.05 bits per heavy atom. The van der Waals surface area contributed by atoms with E-state index < -0.39 is 0 Å². The van der Waals surface area contributed by atoms with Crippen LogP contribution in [-0.4, -0.2) is 24.1 Å². The molecule has 4 saturated carbocycles. The maximum Gasteiger partial charge on any atom is 0.407 e. The largest absolute Gasteiger partial charge is 0.450 e. The SMILES string of the molecule is O=C(NC12CC3CC(CC(C3)C1)C2)OCCCCCCl. The molecular weight excluding hydrogens is 274 g/mol. The third kappa shape index (κ3) is 3.24. The van der Waals surface area contributed by atoms with Crippen molar-refractivity contribution in [3.8, 4) is 0 Å². The molecule has 1 N–H and O–H groups in total. The summed E-state index contributed by atoms with van der Waals surface area (Å²) in [4.78, 5) is 12.0. The zero-order valence-electron chi connectivity index (χ0n) is 12.2. The number of carbonyl (C=O) groups is 1. The minimum atomic E-state index is -0.196. The van der Waals surface area contributed by atoms with Gasteiger partial charge in [-0.05, 0) is 75.5 Å².